The molecule has 0 bridgehead atoms. The number of nitrogens with zero attached hydrogens (tertiary/aromatic N) is 3. The Hall–Kier alpha value is -3.58. The molecule has 0 amide bonds. The van der Waals surface area contributed by atoms with Crippen molar-refractivity contribution < 1.29 is 9.15 Å². The first-order valence-corrected chi connectivity index (χ1v) is 10.5. The maximum absolute atomic E-state index is 6.16. The van der Waals surface area contributed by atoms with E-state index in [1.54, 1.807) is 6.26 Å². The van der Waals surface area contributed by atoms with Gasteiger partial charge in [0.05, 0.1) is 6.26 Å². The number of rotatable bonds is 5. The summed E-state index contributed by atoms with van der Waals surface area (Å²) in [6, 6.07) is 21.8. The highest BCUT2D eigenvalue weighted by atomic mass is 32.2. The second-order valence-corrected chi connectivity index (χ2v) is 7.57. The lowest BCUT2D eigenvalue weighted by Crippen LogP contribution is -2.23. The van der Waals surface area contributed by atoms with Gasteiger partial charge in [0.15, 0.2) is 11.9 Å². The Morgan fingerprint density at radius 3 is 2.70 bits per heavy atom. The van der Waals surface area contributed by atoms with Gasteiger partial charge >= 0.3 is 0 Å². The molecule has 1 aliphatic heterocycles. The average Bonchev–Trinajstić information content (AvgIpc) is 3.26. The Labute approximate surface area is 178 Å². The molecule has 0 fully saturated rings. The number of furan rings is 1. The van der Waals surface area contributed by atoms with Gasteiger partial charge in [0.1, 0.15) is 5.76 Å². The summed E-state index contributed by atoms with van der Waals surface area (Å²) in [5, 5.41) is 12.7. The summed E-state index contributed by atoms with van der Waals surface area (Å²) in [7, 11) is 0. The van der Waals surface area contributed by atoms with Crippen LogP contribution in [0.4, 0.5) is 5.69 Å². The van der Waals surface area contributed by atoms with Crippen molar-refractivity contribution in [2.45, 2.75) is 17.1 Å². The SMILES string of the molecule is C(=C/[C@@H]1Nc2ccccc2-c2nnc(SCc3ccccc3)nc2O1)/c1ccco1. The topological polar surface area (TPSA) is 73.1 Å². The molecule has 2 aromatic carbocycles. The number of hydrogen-bond acceptors (Lipinski definition) is 7. The van der Waals surface area contributed by atoms with E-state index in [4.69, 9.17) is 9.15 Å². The van der Waals surface area contributed by atoms with E-state index in [9.17, 15) is 0 Å². The third kappa shape index (κ3) is 4.06. The second-order valence-electron chi connectivity index (χ2n) is 6.63. The molecule has 0 saturated heterocycles. The van der Waals surface area contributed by atoms with Gasteiger partial charge < -0.3 is 14.5 Å². The van der Waals surface area contributed by atoms with E-state index in [-0.39, 0.29) is 0 Å². The Bertz CT molecular complexity index is 1160. The fraction of sp³-hybridized carbons (Fsp3) is 0.0870. The highest BCUT2D eigenvalue weighted by molar-refractivity contribution is 7.98. The predicted molar refractivity (Wildman–Crippen MR) is 117 cm³/mol. The molecule has 1 atom stereocenters. The quantitative estimate of drug-likeness (QED) is 0.446. The molecule has 0 radical (unpaired) electrons. The van der Waals surface area contributed by atoms with Crippen LogP contribution < -0.4 is 10.1 Å². The van der Waals surface area contributed by atoms with E-state index in [0.717, 1.165) is 22.8 Å². The molecule has 6 nitrogen and oxygen atoms in total. The summed E-state index contributed by atoms with van der Waals surface area (Å²) in [6.07, 6.45) is 4.97. The smallest absolute Gasteiger partial charge is 0.247 e. The van der Waals surface area contributed by atoms with E-state index in [1.807, 2.05) is 66.7 Å². The number of aromatic nitrogens is 3. The van der Waals surface area contributed by atoms with Crippen molar-refractivity contribution in [3.05, 3.63) is 90.4 Å². The Morgan fingerprint density at radius 1 is 0.967 bits per heavy atom. The van der Waals surface area contributed by atoms with Crippen LogP contribution >= 0.6 is 11.8 Å². The predicted octanol–water partition coefficient (Wildman–Crippen LogP) is 5.27. The summed E-state index contributed by atoms with van der Waals surface area (Å²) in [4.78, 5) is 4.65. The number of fused-ring (bicyclic) bond motifs is 3. The first-order chi connectivity index (χ1) is 14.8. The van der Waals surface area contributed by atoms with E-state index >= 15 is 0 Å². The van der Waals surface area contributed by atoms with E-state index in [2.05, 4.69) is 32.6 Å². The minimum Gasteiger partial charge on any atom is -0.465 e. The zero-order valence-electron chi connectivity index (χ0n) is 15.9. The minimum atomic E-state index is -0.429. The molecule has 3 heterocycles. The summed E-state index contributed by atoms with van der Waals surface area (Å²) in [6.45, 7) is 0. The molecule has 0 saturated carbocycles. The van der Waals surface area contributed by atoms with Crippen molar-refractivity contribution in [3.63, 3.8) is 0 Å². The normalized spacial score (nSPS) is 15.0. The van der Waals surface area contributed by atoms with Crippen LogP contribution in [0.25, 0.3) is 17.3 Å². The number of benzene rings is 2. The van der Waals surface area contributed by atoms with E-state index in [0.29, 0.717) is 16.7 Å². The molecular weight excluding hydrogens is 396 g/mol. The zero-order valence-corrected chi connectivity index (χ0v) is 16.8. The van der Waals surface area contributed by atoms with Gasteiger partial charge in [-0.05, 0) is 35.9 Å². The van der Waals surface area contributed by atoms with Crippen LogP contribution in [0, 0.1) is 0 Å². The molecule has 4 aromatic rings. The third-order valence-corrected chi connectivity index (χ3v) is 5.45. The number of nitrogens with one attached hydrogen (secondary N) is 1. The molecule has 0 unspecified atom stereocenters. The number of ether oxygens (including phenoxy) is 1. The van der Waals surface area contributed by atoms with Crippen molar-refractivity contribution in [2.24, 2.45) is 0 Å². The van der Waals surface area contributed by atoms with Gasteiger partial charge in [0.25, 0.3) is 0 Å². The Balaban J connectivity index is 1.44. The van der Waals surface area contributed by atoms with Crippen molar-refractivity contribution in [1.82, 2.24) is 15.2 Å². The molecule has 148 valence electrons. The zero-order chi connectivity index (χ0) is 20.2. The third-order valence-electron chi connectivity index (χ3n) is 4.54. The maximum Gasteiger partial charge on any atom is 0.247 e. The number of para-hydroxylation sites is 1. The summed E-state index contributed by atoms with van der Waals surface area (Å²) in [5.41, 5.74) is 3.64. The molecule has 0 spiro atoms. The largest absolute Gasteiger partial charge is 0.465 e. The van der Waals surface area contributed by atoms with Crippen LogP contribution in [0.1, 0.15) is 11.3 Å². The average molecular weight is 414 g/mol. The monoisotopic (exact) mass is 414 g/mol. The van der Waals surface area contributed by atoms with Crippen molar-refractivity contribution in [2.75, 3.05) is 5.32 Å². The highest BCUT2D eigenvalue weighted by Gasteiger charge is 2.23. The fourth-order valence-corrected chi connectivity index (χ4v) is 3.84. The lowest BCUT2D eigenvalue weighted by atomic mass is 10.1. The minimum absolute atomic E-state index is 0.429. The lowest BCUT2D eigenvalue weighted by molar-refractivity contribution is 0.266. The van der Waals surface area contributed by atoms with Gasteiger partial charge in [-0.15, -0.1) is 10.2 Å². The van der Waals surface area contributed by atoms with E-state index < -0.39 is 6.23 Å². The number of anilines is 1. The van der Waals surface area contributed by atoms with Crippen LogP contribution in [0.5, 0.6) is 5.88 Å². The lowest BCUT2D eigenvalue weighted by Gasteiger charge is -2.15. The molecule has 7 heteroatoms. The molecule has 30 heavy (non-hydrogen) atoms. The van der Waals surface area contributed by atoms with Gasteiger partial charge in [-0.3, -0.25) is 0 Å². The maximum atomic E-state index is 6.16. The van der Waals surface area contributed by atoms with Crippen LogP contribution in [0.3, 0.4) is 0 Å². The van der Waals surface area contributed by atoms with Gasteiger partial charge in [-0.1, -0.05) is 60.3 Å². The first kappa shape index (κ1) is 18.4. The van der Waals surface area contributed by atoms with Crippen LogP contribution in [0.2, 0.25) is 0 Å². The molecule has 2 aromatic heterocycles. The van der Waals surface area contributed by atoms with Gasteiger partial charge in [-0.25, -0.2) is 0 Å². The highest BCUT2D eigenvalue weighted by Crippen LogP contribution is 2.36. The Morgan fingerprint density at radius 2 is 1.83 bits per heavy atom. The van der Waals surface area contributed by atoms with Gasteiger partial charge in [0, 0.05) is 17.0 Å². The number of hydrogen-bond donors (Lipinski definition) is 1. The van der Waals surface area contributed by atoms with Crippen LogP contribution in [-0.2, 0) is 5.75 Å². The van der Waals surface area contributed by atoms with E-state index in [1.165, 1.54) is 17.3 Å². The van der Waals surface area contributed by atoms with Crippen LogP contribution in [0.15, 0.2) is 88.6 Å². The number of thioether (sulfide) groups is 1. The summed E-state index contributed by atoms with van der Waals surface area (Å²) in [5.74, 6) is 1.96. The molecule has 1 aliphatic rings. The molecule has 0 aliphatic carbocycles. The standard InChI is InChI=1S/C23H18N4O2S/c1-2-7-16(8-3-1)15-30-23-25-22-21(26-27-23)18-10-4-5-11-19(18)24-20(29-22)13-12-17-9-6-14-28-17/h1-14,20,24H,15H2/b13-12-/t20-/m1/s1. The van der Waals surface area contributed by atoms with Crippen molar-refractivity contribution in [1.29, 1.82) is 0 Å². The van der Waals surface area contributed by atoms with Gasteiger partial charge in [-0.2, -0.15) is 4.98 Å². The van der Waals surface area contributed by atoms with Crippen molar-refractivity contribution in [3.8, 4) is 17.1 Å². The summed E-state index contributed by atoms with van der Waals surface area (Å²) < 4.78 is 11.5. The van der Waals surface area contributed by atoms with Crippen molar-refractivity contribution >= 4 is 23.5 Å². The first-order valence-electron chi connectivity index (χ1n) is 9.51. The Kier molecular flexibility index (Phi) is 5.18. The molecule has 5 rings (SSSR count). The van der Waals surface area contributed by atoms with Gasteiger partial charge in [0.2, 0.25) is 11.0 Å². The molecular formula is C23H18N4O2S. The van der Waals surface area contributed by atoms with Crippen LogP contribution in [-0.4, -0.2) is 21.4 Å². The summed E-state index contributed by atoms with van der Waals surface area (Å²) >= 11 is 1.53. The molecule has 1 N–H and O–H groups in total. The second kappa shape index (κ2) is 8.42. The fourth-order valence-electron chi connectivity index (χ4n) is 3.11.